The molecule has 0 aliphatic carbocycles. The van der Waals surface area contributed by atoms with Crippen LogP contribution in [0.1, 0.15) is 6.92 Å². The van der Waals surface area contributed by atoms with Crippen molar-refractivity contribution in [3.05, 3.63) is 24.0 Å². The van der Waals surface area contributed by atoms with Gasteiger partial charge >= 0.3 is 0 Å². The molecule has 3 N–H and O–H groups in total. The zero-order valence-electron chi connectivity index (χ0n) is 5.46. The number of nitrogens with one attached hydrogen (secondary N) is 1. The third-order valence-corrected chi connectivity index (χ3v) is 0.837. The highest BCUT2D eigenvalue weighted by Crippen LogP contribution is 1.87. The van der Waals surface area contributed by atoms with Gasteiger partial charge in [-0.15, -0.1) is 0 Å². The molecule has 3 heteroatoms. The van der Waals surface area contributed by atoms with Crippen molar-refractivity contribution in [3.63, 3.8) is 0 Å². The fraction of sp³-hybridized carbons (Fsp3) is 0.167. The van der Waals surface area contributed by atoms with E-state index in [4.69, 9.17) is 5.84 Å². The van der Waals surface area contributed by atoms with Gasteiger partial charge in [0.15, 0.2) is 0 Å². The lowest BCUT2D eigenvalue weighted by Crippen LogP contribution is -2.19. The summed E-state index contributed by atoms with van der Waals surface area (Å²) in [7, 11) is 0. The highest BCUT2D eigenvalue weighted by atomic mass is 15.2. The summed E-state index contributed by atoms with van der Waals surface area (Å²) in [6.45, 7) is 5.15. The number of hydrogen-bond donors (Lipinski definition) is 2. The number of rotatable bonds is 3. The topological polar surface area (TPSA) is 50.4 Å². The number of hydrogen-bond acceptors (Lipinski definition) is 3. The predicted octanol–water partition coefficient (Wildman–Crippen LogP) is 0.568. The van der Waals surface area contributed by atoms with Gasteiger partial charge in [-0.2, -0.15) is 0 Å². The normalized spacial score (nSPS) is 12.0. The van der Waals surface area contributed by atoms with Crippen LogP contribution < -0.4 is 11.3 Å². The van der Waals surface area contributed by atoms with Crippen molar-refractivity contribution < 1.29 is 0 Å². The Labute approximate surface area is 54.9 Å². The highest BCUT2D eigenvalue weighted by molar-refractivity contribution is 5.27. The molecule has 0 aromatic heterocycles. The lowest BCUT2D eigenvalue weighted by Gasteiger charge is -1.94. The van der Waals surface area contributed by atoms with Crippen molar-refractivity contribution in [1.82, 2.24) is 5.43 Å². The quantitative estimate of drug-likeness (QED) is 0.251. The number of nitrogens with two attached hydrogens (primary N) is 1. The maximum absolute atomic E-state index is 5.09. The third-order valence-electron chi connectivity index (χ3n) is 0.837. The van der Waals surface area contributed by atoms with E-state index in [1.165, 1.54) is 0 Å². The summed E-state index contributed by atoms with van der Waals surface area (Å²) in [5.74, 6) is 5.09. The minimum absolute atomic E-state index is 0.822. The number of aliphatic imine (C=N–C) groups is 1. The van der Waals surface area contributed by atoms with Gasteiger partial charge in [0.25, 0.3) is 0 Å². The summed E-state index contributed by atoms with van der Waals surface area (Å²) in [6, 6.07) is 0. The fourth-order valence-corrected chi connectivity index (χ4v) is 0.361. The molecule has 0 spiro atoms. The maximum Gasteiger partial charge on any atom is 0.0457 e. The first-order valence-corrected chi connectivity index (χ1v) is 2.60. The van der Waals surface area contributed by atoms with Crippen LogP contribution in [0.5, 0.6) is 0 Å². The van der Waals surface area contributed by atoms with E-state index in [2.05, 4.69) is 17.1 Å². The molecule has 0 saturated carbocycles. The molecule has 0 saturated heterocycles. The number of hydrazine groups is 1. The van der Waals surface area contributed by atoms with E-state index in [-0.39, 0.29) is 0 Å². The van der Waals surface area contributed by atoms with Crippen LogP contribution in [0, 0.1) is 0 Å². The minimum atomic E-state index is 0.822. The zero-order chi connectivity index (χ0) is 7.11. The second-order valence-electron chi connectivity index (χ2n) is 1.39. The van der Waals surface area contributed by atoms with E-state index in [1.807, 2.05) is 13.0 Å². The molecule has 0 atom stereocenters. The van der Waals surface area contributed by atoms with E-state index < -0.39 is 0 Å². The van der Waals surface area contributed by atoms with Crippen LogP contribution in [0.4, 0.5) is 0 Å². The van der Waals surface area contributed by atoms with E-state index in [0.29, 0.717) is 0 Å². The molecule has 0 rings (SSSR count). The van der Waals surface area contributed by atoms with Gasteiger partial charge in [0.1, 0.15) is 0 Å². The van der Waals surface area contributed by atoms with Gasteiger partial charge in [-0.05, 0) is 19.7 Å². The molecule has 0 aliphatic heterocycles. The van der Waals surface area contributed by atoms with Gasteiger partial charge in [0.2, 0.25) is 0 Å². The summed E-state index contributed by atoms with van der Waals surface area (Å²) in [4.78, 5) is 3.50. The van der Waals surface area contributed by atoms with Gasteiger partial charge in [-0.1, -0.05) is 6.08 Å². The third kappa shape index (κ3) is 3.49. The Bertz CT molecular complexity index is 135. The first-order valence-electron chi connectivity index (χ1n) is 2.60. The second kappa shape index (κ2) is 5.05. The van der Waals surface area contributed by atoms with Gasteiger partial charge < -0.3 is 5.43 Å². The molecule has 0 amide bonds. The van der Waals surface area contributed by atoms with Crippen LogP contribution in [0.3, 0.4) is 0 Å². The molecule has 0 aliphatic rings. The minimum Gasteiger partial charge on any atom is -0.324 e. The van der Waals surface area contributed by atoms with Gasteiger partial charge in [0, 0.05) is 11.9 Å². The van der Waals surface area contributed by atoms with Crippen LogP contribution >= 0.6 is 0 Å². The van der Waals surface area contributed by atoms with Gasteiger partial charge in [-0.25, -0.2) is 0 Å². The Morgan fingerprint density at radius 1 is 1.78 bits per heavy atom. The number of allylic oxidation sites excluding steroid dienone is 2. The molecule has 0 aromatic rings. The van der Waals surface area contributed by atoms with Crippen molar-refractivity contribution in [2.75, 3.05) is 0 Å². The lowest BCUT2D eigenvalue weighted by atomic mass is 10.4. The predicted molar refractivity (Wildman–Crippen MR) is 39.8 cm³/mol. The molecule has 0 bridgehead atoms. The Hall–Kier alpha value is -1.09. The van der Waals surface area contributed by atoms with E-state index >= 15 is 0 Å². The lowest BCUT2D eigenvalue weighted by molar-refractivity contribution is 0.912. The summed E-state index contributed by atoms with van der Waals surface area (Å²) in [5.41, 5.74) is 3.29. The van der Waals surface area contributed by atoms with Crippen molar-refractivity contribution in [2.45, 2.75) is 6.92 Å². The van der Waals surface area contributed by atoms with Crippen LogP contribution in [-0.4, -0.2) is 6.72 Å². The Morgan fingerprint density at radius 3 is 2.78 bits per heavy atom. The molecular formula is C6H11N3. The molecule has 0 heterocycles. The standard InChI is InChI=1S/C6H11N3/c1-3-6(9-7)4-5-8-2/h3-5,9H,2,7H2,1H3/b5-4-,6-3+. The Balaban J connectivity index is 3.84. The van der Waals surface area contributed by atoms with Crippen molar-refractivity contribution in [3.8, 4) is 0 Å². The average Bonchev–Trinajstić information content (AvgIpc) is 1.91. The van der Waals surface area contributed by atoms with Crippen LogP contribution in [0.2, 0.25) is 0 Å². The Morgan fingerprint density at radius 2 is 2.44 bits per heavy atom. The summed E-state index contributed by atoms with van der Waals surface area (Å²) in [6.07, 6.45) is 5.13. The monoisotopic (exact) mass is 125 g/mol. The average molecular weight is 125 g/mol. The first-order chi connectivity index (χ1) is 4.35. The molecule has 50 valence electrons. The molecule has 0 unspecified atom stereocenters. The molecule has 0 fully saturated rings. The van der Waals surface area contributed by atoms with Crippen molar-refractivity contribution >= 4 is 6.72 Å². The maximum atomic E-state index is 5.09. The zero-order valence-corrected chi connectivity index (χ0v) is 5.46. The molecule has 0 radical (unpaired) electrons. The van der Waals surface area contributed by atoms with Crippen LogP contribution in [-0.2, 0) is 0 Å². The van der Waals surface area contributed by atoms with E-state index in [1.54, 1.807) is 12.3 Å². The Kier molecular flexibility index (Phi) is 4.44. The van der Waals surface area contributed by atoms with Crippen LogP contribution in [0.25, 0.3) is 0 Å². The summed E-state index contributed by atoms with van der Waals surface area (Å²) >= 11 is 0. The first kappa shape index (κ1) is 7.91. The molecule has 9 heavy (non-hydrogen) atoms. The molecular weight excluding hydrogens is 114 g/mol. The fourth-order valence-electron chi connectivity index (χ4n) is 0.361. The smallest absolute Gasteiger partial charge is 0.0457 e. The largest absolute Gasteiger partial charge is 0.324 e. The van der Waals surface area contributed by atoms with Crippen molar-refractivity contribution in [2.24, 2.45) is 10.8 Å². The summed E-state index contributed by atoms with van der Waals surface area (Å²) < 4.78 is 0. The summed E-state index contributed by atoms with van der Waals surface area (Å²) in [5, 5.41) is 0. The van der Waals surface area contributed by atoms with E-state index in [0.717, 1.165) is 5.70 Å². The SMILES string of the molecule is C=N/C=C\C(=C/C)NN. The van der Waals surface area contributed by atoms with Crippen molar-refractivity contribution in [1.29, 1.82) is 0 Å². The molecule has 0 aromatic carbocycles. The van der Waals surface area contributed by atoms with Crippen LogP contribution in [0.15, 0.2) is 29.0 Å². The highest BCUT2D eigenvalue weighted by Gasteiger charge is 1.78. The second-order valence-corrected chi connectivity index (χ2v) is 1.39. The van der Waals surface area contributed by atoms with Gasteiger partial charge in [0.05, 0.1) is 0 Å². The number of nitrogens with zero attached hydrogens (tertiary/aromatic N) is 1. The van der Waals surface area contributed by atoms with Gasteiger partial charge in [-0.3, -0.25) is 10.8 Å². The van der Waals surface area contributed by atoms with E-state index in [9.17, 15) is 0 Å². The molecule has 3 nitrogen and oxygen atoms in total.